The molecule has 0 spiro atoms. The van der Waals surface area contributed by atoms with Crippen molar-refractivity contribution in [3.8, 4) is 0 Å². The first-order chi connectivity index (χ1) is 3.48. The molecule has 0 aromatic heterocycles. The van der Waals surface area contributed by atoms with E-state index in [1.165, 1.54) is 0 Å². The fourth-order valence-corrected chi connectivity index (χ4v) is 1.47. The highest BCUT2D eigenvalue weighted by Gasteiger charge is 2.22. The van der Waals surface area contributed by atoms with Crippen molar-refractivity contribution in [2.45, 2.75) is 18.3 Å². The van der Waals surface area contributed by atoms with Gasteiger partial charge >= 0.3 is 0 Å². The number of halogens is 2. The van der Waals surface area contributed by atoms with E-state index in [2.05, 4.69) is 12.6 Å². The molecule has 0 bridgehead atoms. The molecule has 1 nitrogen and oxygen atoms in total. The minimum Gasteiger partial charge on any atom is -0.288 e. The van der Waals surface area contributed by atoms with E-state index < -0.39 is 5.85 Å². The molecule has 1 atom stereocenters. The molecule has 0 fully saturated rings. The third kappa shape index (κ3) is 3.24. The second-order valence-corrected chi connectivity index (χ2v) is 7.58. The van der Waals surface area contributed by atoms with Gasteiger partial charge in [-0.2, -0.15) is 12.6 Å². The van der Waals surface area contributed by atoms with Gasteiger partial charge in [0, 0.05) is 0 Å². The average molecular weight is 193 g/mol. The molecule has 5 heteroatoms. The topological polar surface area (TPSA) is 17.1 Å². The molecular weight excluding hydrogens is 186 g/mol. The minimum atomic E-state index is -2.95. The van der Waals surface area contributed by atoms with Crippen LogP contribution in [-0.4, -0.2) is 4.99 Å². The summed E-state index contributed by atoms with van der Waals surface area (Å²) in [7, 11) is 0. The lowest BCUT2D eigenvalue weighted by Gasteiger charge is -2.06. The Bertz CT molecular complexity index is 112. The van der Waals surface area contributed by atoms with Crippen LogP contribution in [0, 0.1) is 0 Å². The molecule has 0 aromatic rings. The van der Waals surface area contributed by atoms with Gasteiger partial charge < -0.3 is 0 Å². The first-order valence-corrected chi connectivity index (χ1v) is 6.25. The van der Waals surface area contributed by atoms with E-state index in [0.717, 1.165) is 0 Å². The van der Waals surface area contributed by atoms with Crippen molar-refractivity contribution in [3.63, 3.8) is 0 Å². The van der Waals surface area contributed by atoms with Crippen LogP contribution < -0.4 is 0 Å². The van der Waals surface area contributed by atoms with Gasteiger partial charge in [0.15, 0.2) is 0 Å². The Kier molecular flexibility index (Phi) is 3.85. The van der Waals surface area contributed by atoms with E-state index in [1.807, 2.05) is 6.92 Å². The van der Waals surface area contributed by atoms with Gasteiger partial charge in [0.1, 0.15) is 0 Å². The molecular formula is C3H7Cl2OPS. The van der Waals surface area contributed by atoms with Crippen molar-refractivity contribution >= 4 is 41.0 Å². The van der Waals surface area contributed by atoms with Crippen LogP contribution in [0.25, 0.3) is 0 Å². The lowest BCUT2D eigenvalue weighted by atomic mass is 10.6. The second kappa shape index (κ2) is 3.36. The lowest BCUT2D eigenvalue weighted by Crippen LogP contribution is -1.87. The maximum absolute atomic E-state index is 10.6. The maximum Gasteiger partial charge on any atom is 0.265 e. The summed E-state index contributed by atoms with van der Waals surface area (Å²) < 4.78 is 10.6. The van der Waals surface area contributed by atoms with Gasteiger partial charge in [-0.15, -0.1) is 0 Å². The van der Waals surface area contributed by atoms with Crippen molar-refractivity contribution in [2.24, 2.45) is 0 Å². The molecule has 0 N–H and O–H groups in total. The summed E-state index contributed by atoms with van der Waals surface area (Å²) in [5, 5.41) is 0. The van der Waals surface area contributed by atoms with E-state index in [1.54, 1.807) is 0 Å². The smallest absolute Gasteiger partial charge is 0.265 e. The van der Waals surface area contributed by atoms with Crippen LogP contribution in [0.5, 0.6) is 0 Å². The summed E-state index contributed by atoms with van der Waals surface area (Å²) in [5.41, 5.74) is 0. The fraction of sp³-hybridized carbons (Fsp3) is 1.00. The molecule has 0 heterocycles. The third-order valence-corrected chi connectivity index (χ3v) is 5.34. The van der Waals surface area contributed by atoms with Gasteiger partial charge in [-0.3, -0.25) is 4.57 Å². The highest BCUT2D eigenvalue weighted by Crippen LogP contribution is 2.63. The Morgan fingerprint density at radius 3 is 2.12 bits per heavy atom. The zero-order chi connectivity index (χ0) is 6.78. The van der Waals surface area contributed by atoms with Crippen molar-refractivity contribution in [2.75, 3.05) is 0 Å². The fourth-order valence-electron chi connectivity index (χ4n) is 0.213. The molecule has 1 unspecified atom stereocenters. The Hall–Kier alpha value is 1.16. The van der Waals surface area contributed by atoms with Crippen LogP contribution in [0.1, 0.15) is 13.3 Å². The predicted octanol–water partition coefficient (Wildman–Crippen LogP) is 3.32. The van der Waals surface area contributed by atoms with Crippen molar-refractivity contribution in [1.82, 2.24) is 0 Å². The van der Waals surface area contributed by atoms with Gasteiger partial charge in [0.25, 0.3) is 5.85 Å². The van der Waals surface area contributed by atoms with E-state index >= 15 is 0 Å². The average Bonchev–Trinajstić information content (AvgIpc) is 1.62. The minimum absolute atomic E-state index is 0.370. The lowest BCUT2D eigenvalue weighted by molar-refractivity contribution is 0.590. The Labute approximate surface area is 64.1 Å². The number of thiol groups is 1. The largest absolute Gasteiger partial charge is 0.288 e. The Morgan fingerprint density at radius 2 is 2.12 bits per heavy atom. The van der Waals surface area contributed by atoms with Gasteiger partial charge in [-0.25, -0.2) is 0 Å². The zero-order valence-corrected chi connectivity index (χ0v) is 7.64. The van der Waals surface area contributed by atoms with Crippen LogP contribution >= 0.6 is 41.0 Å². The number of rotatable bonds is 2. The summed E-state index contributed by atoms with van der Waals surface area (Å²) >= 11 is 14.3. The summed E-state index contributed by atoms with van der Waals surface area (Å²) in [6.07, 6.45) is 0.632. The van der Waals surface area contributed by atoms with Crippen molar-refractivity contribution in [1.29, 1.82) is 0 Å². The molecule has 0 saturated carbocycles. The molecule has 0 aromatic carbocycles. The quantitative estimate of drug-likeness (QED) is 0.525. The SMILES string of the molecule is CCC(S)P(=O)(Cl)Cl. The number of hydrogen-bond acceptors (Lipinski definition) is 2. The standard InChI is InChI=1S/C3H7Cl2OPS/c1-2-3(8)7(4,5)6/h3,8H,2H2,1H3. The Morgan fingerprint density at radius 1 is 1.75 bits per heavy atom. The second-order valence-electron chi connectivity index (χ2n) is 1.39. The van der Waals surface area contributed by atoms with Gasteiger partial charge in [-0.05, 0) is 28.9 Å². The highest BCUT2D eigenvalue weighted by molar-refractivity contribution is 8.15. The maximum atomic E-state index is 10.6. The summed E-state index contributed by atoms with van der Waals surface area (Å²) in [5.74, 6) is -2.95. The van der Waals surface area contributed by atoms with E-state index in [4.69, 9.17) is 22.5 Å². The van der Waals surface area contributed by atoms with E-state index in [0.29, 0.717) is 6.42 Å². The molecule has 8 heavy (non-hydrogen) atoms. The first-order valence-electron chi connectivity index (χ1n) is 2.15. The van der Waals surface area contributed by atoms with Gasteiger partial charge in [0.05, 0.1) is 4.99 Å². The van der Waals surface area contributed by atoms with Gasteiger partial charge in [-0.1, -0.05) is 6.92 Å². The summed E-state index contributed by atoms with van der Waals surface area (Å²) in [6, 6.07) is 0. The van der Waals surface area contributed by atoms with Crippen molar-refractivity contribution in [3.05, 3.63) is 0 Å². The molecule has 0 aliphatic rings. The Balaban J connectivity index is 3.82. The first kappa shape index (κ1) is 9.16. The van der Waals surface area contributed by atoms with Crippen LogP contribution in [0.15, 0.2) is 0 Å². The van der Waals surface area contributed by atoms with E-state index in [-0.39, 0.29) is 4.99 Å². The normalized spacial score (nSPS) is 16.0. The predicted molar refractivity (Wildman–Crippen MR) is 42.4 cm³/mol. The van der Waals surface area contributed by atoms with Gasteiger partial charge in [0.2, 0.25) is 0 Å². The summed E-state index contributed by atoms with van der Waals surface area (Å²) in [4.78, 5) is -0.370. The van der Waals surface area contributed by atoms with Crippen LogP contribution in [-0.2, 0) is 4.57 Å². The van der Waals surface area contributed by atoms with Crippen LogP contribution in [0.3, 0.4) is 0 Å². The molecule has 0 aliphatic carbocycles. The molecule has 0 saturated heterocycles. The highest BCUT2D eigenvalue weighted by atomic mass is 35.9. The summed E-state index contributed by atoms with van der Waals surface area (Å²) in [6.45, 7) is 1.83. The van der Waals surface area contributed by atoms with Crippen molar-refractivity contribution < 1.29 is 4.57 Å². The third-order valence-electron chi connectivity index (χ3n) is 0.712. The molecule has 0 amide bonds. The van der Waals surface area contributed by atoms with Crippen LogP contribution in [0.2, 0.25) is 0 Å². The van der Waals surface area contributed by atoms with E-state index in [9.17, 15) is 4.57 Å². The number of hydrogen-bond donors (Lipinski definition) is 1. The molecule has 0 aliphatic heterocycles. The molecule has 0 rings (SSSR count). The monoisotopic (exact) mass is 192 g/mol. The van der Waals surface area contributed by atoms with Crippen LogP contribution in [0.4, 0.5) is 0 Å². The zero-order valence-electron chi connectivity index (χ0n) is 4.34. The molecule has 0 radical (unpaired) electrons. The molecule has 50 valence electrons.